The highest BCUT2D eigenvalue weighted by Crippen LogP contribution is 2.09. The molecule has 138 valence electrons. The molecule has 24 heavy (non-hydrogen) atoms. The summed E-state index contributed by atoms with van der Waals surface area (Å²) in [7, 11) is 4.98. The van der Waals surface area contributed by atoms with Gasteiger partial charge in [0.25, 0.3) is 0 Å². The molecule has 0 aromatic carbocycles. The maximum Gasteiger partial charge on any atom is 0.240 e. The Morgan fingerprint density at radius 3 is 1.92 bits per heavy atom. The highest BCUT2D eigenvalue weighted by molar-refractivity contribution is 5.92. The largest absolute Gasteiger partial charge is 0.344 e. The van der Waals surface area contributed by atoms with E-state index < -0.39 is 12.1 Å². The molecule has 0 spiro atoms. The lowest BCUT2D eigenvalue weighted by atomic mass is 9.96. The zero-order valence-corrected chi connectivity index (χ0v) is 15.9. The molecule has 0 radical (unpaired) electrons. The number of likely N-dealkylation sites (N-methyl/N-ethyl adjacent to an activating group) is 2. The molecule has 0 saturated carbocycles. The first-order valence-electron chi connectivity index (χ1n) is 8.21. The fourth-order valence-electron chi connectivity index (χ4n) is 2.41. The quantitative estimate of drug-likeness (QED) is 0.624. The molecule has 1 unspecified atom stereocenters. The summed E-state index contributed by atoms with van der Waals surface area (Å²) in [5.74, 6) is -0.837. The first-order chi connectivity index (χ1) is 11.0. The molecular formula is C17H31N3O4. The third-order valence-corrected chi connectivity index (χ3v) is 4.23. The highest BCUT2D eigenvalue weighted by atomic mass is 16.2. The molecule has 0 saturated heterocycles. The van der Waals surface area contributed by atoms with E-state index in [1.807, 2.05) is 13.8 Å². The molecule has 2 amide bonds. The third kappa shape index (κ3) is 7.21. The van der Waals surface area contributed by atoms with E-state index in [0.717, 1.165) is 6.42 Å². The van der Waals surface area contributed by atoms with E-state index >= 15 is 0 Å². The van der Waals surface area contributed by atoms with Gasteiger partial charge in [-0.2, -0.15) is 0 Å². The summed E-state index contributed by atoms with van der Waals surface area (Å²) < 4.78 is 0. The minimum absolute atomic E-state index is 0.0214. The summed E-state index contributed by atoms with van der Waals surface area (Å²) in [6.45, 7) is 6.59. The van der Waals surface area contributed by atoms with Crippen molar-refractivity contribution in [2.24, 2.45) is 5.92 Å². The predicted octanol–water partition coefficient (Wildman–Crippen LogP) is 0.474. The lowest BCUT2D eigenvalue weighted by Gasteiger charge is -2.26. The zero-order chi connectivity index (χ0) is 19.0. The maximum absolute atomic E-state index is 12.2. The molecule has 7 heteroatoms. The van der Waals surface area contributed by atoms with Gasteiger partial charge >= 0.3 is 0 Å². The Kier molecular flexibility index (Phi) is 9.43. The first-order valence-corrected chi connectivity index (χ1v) is 8.21. The molecule has 0 aromatic heterocycles. The summed E-state index contributed by atoms with van der Waals surface area (Å²) in [5, 5.41) is 2.69. The van der Waals surface area contributed by atoms with E-state index in [1.165, 1.54) is 25.8 Å². The number of nitrogens with zero attached hydrogens (tertiary/aromatic N) is 2. The van der Waals surface area contributed by atoms with Crippen LogP contribution in [0.2, 0.25) is 0 Å². The first kappa shape index (κ1) is 22.2. The van der Waals surface area contributed by atoms with E-state index in [-0.39, 0.29) is 42.3 Å². The Hall–Kier alpha value is -1.76. The van der Waals surface area contributed by atoms with Crippen molar-refractivity contribution in [3.63, 3.8) is 0 Å². The Labute approximate surface area is 144 Å². The minimum Gasteiger partial charge on any atom is -0.344 e. The maximum atomic E-state index is 12.2. The van der Waals surface area contributed by atoms with E-state index in [9.17, 15) is 19.2 Å². The third-order valence-electron chi connectivity index (χ3n) is 4.23. The van der Waals surface area contributed by atoms with Crippen molar-refractivity contribution in [3.05, 3.63) is 0 Å². The minimum atomic E-state index is -0.544. The Bertz CT molecular complexity index is 476. The van der Waals surface area contributed by atoms with E-state index in [0.29, 0.717) is 0 Å². The molecule has 0 rings (SSSR count). The molecule has 0 bridgehead atoms. The summed E-state index contributed by atoms with van der Waals surface area (Å²) in [4.78, 5) is 50.5. The second kappa shape index (κ2) is 10.2. The summed E-state index contributed by atoms with van der Waals surface area (Å²) in [5.41, 5.74) is 0. The molecule has 3 atom stereocenters. The van der Waals surface area contributed by atoms with Gasteiger partial charge in [-0.1, -0.05) is 20.3 Å². The standard InChI is InChI=1S/C17H31N3O4/c1-8-11(2)17(13(4)22)18-15(23)10-20(7)16(24)9-14(12(3)21)19(5)6/h11,14,17H,8-10H2,1-7H3,(H,18,23)/t11-,14-,17?/m0/s1. The second-order valence-corrected chi connectivity index (χ2v) is 6.59. The van der Waals surface area contributed by atoms with Gasteiger partial charge in [0, 0.05) is 13.5 Å². The SMILES string of the molecule is CC[C@H](C)C(NC(=O)CN(C)C(=O)C[C@@H](C(C)=O)N(C)C)C(C)=O. The molecule has 0 fully saturated rings. The average Bonchev–Trinajstić information content (AvgIpc) is 2.47. The number of nitrogens with one attached hydrogen (secondary N) is 1. The molecule has 0 heterocycles. The van der Waals surface area contributed by atoms with Gasteiger partial charge in [0.1, 0.15) is 5.78 Å². The fourth-order valence-corrected chi connectivity index (χ4v) is 2.41. The van der Waals surface area contributed by atoms with Crippen LogP contribution in [-0.4, -0.2) is 73.0 Å². The second-order valence-electron chi connectivity index (χ2n) is 6.59. The Morgan fingerprint density at radius 1 is 1.00 bits per heavy atom. The monoisotopic (exact) mass is 341 g/mol. The van der Waals surface area contributed by atoms with Crippen molar-refractivity contribution >= 4 is 23.4 Å². The van der Waals surface area contributed by atoms with E-state index in [4.69, 9.17) is 0 Å². The molecule has 0 aliphatic carbocycles. The summed E-state index contributed by atoms with van der Waals surface area (Å²) in [6, 6.07) is -1.05. The van der Waals surface area contributed by atoms with Gasteiger partial charge in [-0.3, -0.25) is 24.1 Å². The fraction of sp³-hybridized carbons (Fsp3) is 0.765. The Balaban J connectivity index is 4.71. The van der Waals surface area contributed by atoms with Gasteiger partial charge in [0.05, 0.1) is 18.6 Å². The van der Waals surface area contributed by atoms with Crippen LogP contribution in [-0.2, 0) is 19.2 Å². The number of Topliss-reactive ketones (excluding diaryl/α,β-unsaturated/α-hetero) is 2. The van der Waals surface area contributed by atoms with Gasteiger partial charge in [0.15, 0.2) is 5.78 Å². The molecule has 1 N–H and O–H groups in total. The molecular weight excluding hydrogens is 310 g/mol. The lowest BCUT2D eigenvalue weighted by molar-refractivity contribution is -0.138. The van der Waals surface area contributed by atoms with E-state index in [2.05, 4.69) is 5.32 Å². The highest BCUT2D eigenvalue weighted by Gasteiger charge is 2.26. The van der Waals surface area contributed by atoms with Gasteiger partial charge in [0.2, 0.25) is 11.8 Å². The number of amides is 2. The topological polar surface area (TPSA) is 86.8 Å². The van der Waals surface area contributed by atoms with Crippen LogP contribution in [0.1, 0.15) is 40.5 Å². The molecule has 0 aromatic rings. The molecule has 0 aliphatic heterocycles. The number of hydrogen-bond acceptors (Lipinski definition) is 5. The smallest absolute Gasteiger partial charge is 0.240 e. The average molecular weight is 341 g/mol. The number of rotatable bonds is 10. The van der Waals surface area contributed by atoms with Crippen LogP contribution in [0.5, 0.6) is 0 Å². The van der Waals surface area contributed by atoms with Crippen molar-refractivity contribution in [1.82, 2.24) is 15.1 Å². The number of ketones is 2. The van der Waals surface area contributed by atoms with Gasteiger partial charge in [-0.05, 0) is 33.9 Å². The van der Waals surface area contributed by atoms with Crippen LogP contribution >= 0.6 is 0 Å². The van der Waals surface area contributed by atoms with Crippen molar-refractivity contribution < 1.29 is 19.2 Å². The van der Waals surface area contributed by atoms with Gasteiger partial charge < -0.3 is 10.2 Å². The normalized spacial score (nSPS) is 14.7. The number of carbonyl (C=O) groups is 4. The van der Waals surface area contributed by atoms with Crippen molar-refractivity contribution in [2.75, 3.05) is 27.7 Å². The number of carbonyl (C=O) groups excluding carboxylic acids is 4. The van der Waals surface area contributed by atoms with Gasteiger partial charge in [-0.15, -0.1) is 0 Å². The summed E-state index contributed by atoms with van der Waals surface area (Å²) >= 11 is 0. The van der Waals surface area contributed by atoms with Crippen LogP contribution in [0, 0.1) is 5.92 Å². The van der Waals surface area contributed by atoms with Crippen LogP contribution in [0.15, 0.2) is 0 Å². The molecule has 7 nitrogen and oxygen atoms in total. The number of hydrogen-bond donors (Lipinski definition) is 1. The Morgan fingerprint density at radius 2 is 1.54 bits per heavy atom. The van der Waals surface area contributed by atoms with E-state index in [1.54, 1.807) is 19.0 Å². The van der Waals surface area contributed by atoms with Crippen molar-refractivity contribution in [3.8, 4) is 0 Å². The summed E-state index contributed by atoms with van der Waals surface area (Å²) in [6.07, 6.45) is 0.788. The van der Waals surface area contributed by atoms with Crippen molar-refractivity contribution in [1.29, 1.82) is 0 Å². The predicted molar refractivity (Wildman–Crippen MR) is 92.5 cm³/mol. The van der Waals surface area contributed by atoms with Crippen LogP contribution in [0.4, 0.5) is 0 Å². The van der Waals surface area contributed by atoms with Gasteiger partial charge in [-0.25, -0.2) is 0 Å². The van der Waals surface area contributed by atoms with Crippen molar-refractivity contribution in [2.45, 2.75) is 52.6 Å². The zero-order valence-electron chi connectivity index (χ0n) is 15.9. The lowest BCUT2D eigenvalue weighted by Crippen LogP contribution is -2.49. The molecule has 0 aliphatic rings. The van der Waals surface area contributed by atoms with Crippen LogP contribution in [0.25, 0.3) is 0 Å². The van der Waals surface area contributed by atoms with Crippen LogP contribution < -0.4 is 5.32 Å². The van der Waals surface area contributed by atoms with Crippen LogP contribution in [0.3, 0.4) is 0 Å².